The Hall–Kier alpha value is -1.40. The Morgan fingerprint density at radius 1 is 1.38 bits per heavy atom. The Morgan fingerprint density at radius 3 is 3.10 bits per heavy atom. The van der Waals surface area contributed by atoms with Crippen molar-refractivity contribution in [1.29, 1.82) is 0 Å². The van der Waals surface area contributed by atoms with Gasteiger partial charge in [0, 0.05) is 6.54 Å². The maximum Gasteiger partial charge on any atom is 0.226 e. The normalized spacial score (nSPS) is 27.4. The van der Waals surface area contributed by atoms with E-state index in [0.717, 1.165) is 41.4 Å². The minimum atomic E-state index is 0.353. The highest BCUT2D eigenvalue weighted by Gasteiger charge is 2.41. The van der Waals surface area contributed by atoms with Gasteiger partial charge < -0.3 is 15.4 Å². The number of anilines is 2. The van der Waals surface area contributed by atoms with Crippen LogP contribution < -0.4 is 10.6 Å². The Morgan fingerprint density at radius 2 is 2.33 bits per heavy atom. The van der Waals surface area contributed by atoms with Gasteiger partial charge in [0.2, 0.25) is 5.95 Å². The third-order valence-corrected chi connectivity index (χ3v) is 5.09. The van der Waals surface area contributed by atoms with Gasteiger partial charge in [-0.2, -0.15) is 4.98 Å². The van der Waals surface area contributed by atoms with Gasteiger partial charge in [-0.1, -0.05) is 6.92 Å². The monoisotopic (exact) mass is 304 g/mol. The SMILES string of the molecule is CCCNc1nc(NC2CC3CCC2O3)c2ccsc2n1. The first-order valence-electron chi connectivity index (χ1n) is 7.74. The van der Waals surface area contributed by atoms with E-state index in [9.17, 15) is 0 Å². The van der Waals surface area contributed by atoms with Gasteiger partial charge in [-0.15, -0.1) is 11.3 Å². The summed E-state index contributed by atoms with van der Waals surface area (Å²) in [5.41, 5.74) is 0. The molecule has 0 aliphatic carbocycles. The smallest absolute Gasteiger partial charge is 0.226 e. The van der Waals surface area contributed by atoms with E-state index < -0.39 is 0 Å². The molecular weight excluding hydrogens is 284 g/mol. The van der Waals surface area contributed by atoms with E-state index in [1.165, 1.54) is 12.8 Å². The van der Waals surface area contributed by atoms with E-state index in [0.29, 0.717) is 18.2 Å². The Bertz CT molecular complexity index is 644. The fourth-order valence-electron chi connectivity index (χ4n) is 3.25. The van der Waals surface area contributed by atoms with Crippen molar-refractivity contribution in [3.05, 3.63) is 11.4 Å². The van der Waals surface area contributed by atoms with Gasteiger partial charge in [-0.3, -0.25) is 0 Å². The summed E-state index contributed by atoms with van der Waals surface area (Å²) in [6.45, 7) is 3.04. The van der Waals surface area contributed by atoms with Crippen molar-refractivity contribution in [2.24, 2.45) is 0 Å². The molecular formula is C15H20N4OS. The summed E-state index contributed by atoms with van der Waals surface area (Å²) in [5, 5.41) is 10.1. The van der Waals surface area contributed by atoms with E-state index >= 15 is 0 Å². The van der Waals surface area contributed by atoms with Gasteiger partial charge in [0.15, 0.2) is 0 Å². The first kappa shape index (κ1) is 13.3. The molecule has 2 saturated heterocycles. The summed E-state index contributed by atoms with van der Waals surface area (Å²) in [5.74, 6) is 1.67. The van der Waals surface area contributed by atoms with Crippen molar-refractivity contribution >= 4 is 33.3 Å². The Labute approximate surface area is 128 Å². The topological polar surface area (TPSA) is 59.1 Å². The van der Waals surface area contributed by atoms with E-state index in [-0.39, 0.29) is 0 Å². The lowest BCUT2D eigenvalue weighted by Crippen LogP contribution is -2.31. The largest absolute Gasteiger partial charge is 0.373 e. The van der Waals surface area contributed by atoms with Crippen molar-refractivity contribution in [3.8, 4) is 0 Å². The highest BCUT2D eigenvalue weighted by molar-refractivity contribution is 7.16. The maximum atomic E-state index is 5.93. The standard InChI is InChI=1S/C15H20N4OS/c1-2-6-16-15-18-13(10-5-7-21-14(10)19-15)17-11-8-9-3-4-12(11)20-9/h5,7,9,11-12H,2-4,6,8H2,1H3,(H2,16,17,18,19). The van der Waals surface area contributed by atoms with Crippen LogP contribution in [0.4, 0.5) is 11.8 Å². The molecule has 112 valence electrons. The molecule has 6 heteroatoms. The lowest BCUT2D eigenvalue weighted by atomic mass is 9.95. The summed E-state index contributed by atoms with van der Waals surface area (Å²) in [7, 11) is 0. The van der Waals surface area contributed by atoms with Crippen molar-refractivity contribution in [3.63, 3.8) is 0 Å². The molecule has 3 atom stereocenters. The molecule has 2 aromatic rings. The van der Waals surface area contributed by atoms with Crippen LogP contribution in [0.1, 0.15) is 32.6 Å². The number of hydrogen-bond donors (Lipinski definition) is 2. The molecule has 2 aromatic heterocycles. The molecule has 2 aliphatic heterocycles. The lowest BCUT2D eigenvalue weighted by Gasteiger charge is -2.21. The maximum absolute atomic E-state index is 5.93. The zero-order valence-corrected chi connectivity index (χ0v) is 12.9. The number of fused-ring (bicyclic) bond motifs is 3. The summed E-state index contributed by atoms with van der Waals surface area (Å²) in [6, 6.07) is 2.49. The van der Waals surface area contributed by atoms with E-state index in [1.807, 2.05) is 0 Å². The summed E-state index contributed by atoms with van der Waals surface area (Å²) in [4.78, 5) is 10.3. The van der Waals surface area contributed by atoms with Gasteiger partial charge in [0.1, 0.15) is 10.6 Å². The second-order valence-electron chi connectivity index (χ2n) is 5.82. The van der Waals surface area contributed by atoms with Crippen molar-refractivity contribution in [2.75, 3.05) is 17.2 Å². The molecule has 0 spiro atoms. The Balaban J connectivity index is 1.61. The molecule has 2 fully saturated rings. The molecule has 3 unspecified atom stereocenters. The molecule has 5 nitrogen and oxygen atoms in total. The number of rotatable bonds is 5. The number of hydrogen-bond acceptors (Lipinski definition) is 6. The quantitative estimate of drug-likeness (QED) is 0.888. The van der Waals surface area contributed by atoms with Crippen LogP contribution in [0.25, 0.3) is 10.2 Å². The van der Waals surface area contributed by atoms with Crippen LogP contribution in [0, 0.1) is 0 Å². The number of ether oxygens (including phenoxy) is 1. The van der Waals surface area contributed by atoms with Crippen LogP contribution in [0.5, 0.6) is 0 Å². The average Bonchev–Trinajstić information content (AvgIpc) is 3.20. The third kappa shape index (κ3) is 2.46. The van der Waals surface area contributed by atoms with Gasteiger partial charge >= 0.3 is 0 Å². The molecule has 2 N–H and O–H groups in total. The van der Waals surface area contributed by atoms with Crippen LogP contribution >= 0.6 is 11.3 Å². The molecule has 2 bridgehead atoms. The molecule has 0 amide bonds. The molecule has 0 aromatic carbocycles. The lowest BCUT2D eigenvalue weighted by molar-refractivity contribution is 0.102. The van der Waals surface area contributed by atoms with Gasteiger partial charge in [0.05, 0.1) is 23.6 Å². The van der Waals surface area contributed by atoms with Crippen LogP contribution in [0.3, 0.4) is 0 Å². The van der Waals surface area contributed by atoms with Gasteiger partial charge in [-0.25, -0.2) is 4.98 Å². The Kier molecular flexibility index (Phi) is 3.43. The third-order valence-electron chi connectivity index (χ3n) is 4.29. The number of aromatic nitrogens is 2. The van der Waals surface area contributed by atoms with E-state index in [4.69, 9.17) is 4.74 Å². The van der Waals surface area contributed by atoms with Crippen molar-refractivity contribution in [1.82, 2.24) is 9.97 Å². The predicted molar refractivity (Wildman–Crippen MR) is 86.1 cm³/mol. The van der Waals surface area contributed by atoms with Crippen molar-refractivity contribution < 1.29 is 4.74 Å². The van der Waals surface area contributed by atoms with Crippen molar-refractivity contribution in [2.45, 2.75) is 50.9 Å². The van der Waals surface area contributed by atoms with Crippen LogP contribution in [-0.4, -0.2) is 34.8 Å². The fraction of sp³-hybridized carbons (Fsp3) is 0.600. The second kappa shape index (κ2) is 5.42. The highest BCUT2D eigenvalue weighted by Crippen LogP contribution is 2.37. The molecule has 2 aliphatic rings. The molecule has 21 heavy (non-hydrogen) atoms. The number of thiophene rings is 1. The van der Waals surface area contributed by atoms with Crippen LogP contribution in [0.2, 0.25) is 0 Å². The second-order valence-corrected chi connectivity index (χ2v) is 6.72. The number of nitrogens with zero attached hydrogens (tertiary/aromatic N) is 2. The van der Waals surface area contributed by atoms with E-state index in [1.54, 1.807) is 11.3 Å². The average molecular weight is 304 g/mol. The van der Waals surface area contributed by atoms with Crippen LogP contribution in [-0.2, 0) is 4.74 Å². The summed E-state index contributed by atoms with van der Waals surface area (Å²) < 4.78 is 5.93. The van der Waals surface area contributed by atoms with E-state index in [2.05, 4.69) is 39.0 Å². The zero-order valence-electron chi connectivity index (χ0n) is 12.1. The summed E-state index contributed by atoms with van der Waals surface area (Å²) in [6.07, 6.45) is 5.34. The minimum absolute atomic E-state index is 0.353. The minimum Gasteiger partial charge on any atom is -0.373 e. The predicted octanol–water partition coefficient (Wildman–Crippen LogP) is 3.25. The molecule has 4 rings (SSSR count). The zero-order chi connectivity index (χ0) is 14.2. The summed E-state index contributed by atoms with van der Waals surface area (Å²) >= 11 is 1.66. The first-order chi connectivity index (χ1) is 10.3. The molecule has 0 saturated carbocycles. The van der Waals surface area contributed by atoms with Gasteiger partial charge in [-0.05, 0) is 37.1 Å². The van der Waals surface area contributed by atoms with Crippen LogP contribution in [0.15, 0.2) is 11.4 Å². The first-order valence-corrected chi connectivity index (χ1v) is 8.62. The number of nitrogens with one attached hydrogen (secondary N) is 2. The molecule has 0 radical (unpaired) electrons. The molecule has 4 heterocycles. The highest BCUT2D eigenvalue weighted by atomic mass is 32.1. The fourth-order valence-corrected chi connectivity index (χ4v) is 4.01. The van der Waals surface area contributed by atoms with Gasteiger partial charge in [0.25, 0.3) is 0 Å².